The first-order valence-corrected chi connectivity index (χ1v) is 9.23. The Kier molecular flexibility index (Phi) is 6.17. The molecule has 1 aromatic carbocycles. The Morgan fingerprint density at radius 2 is 1.44 bits per heavy atom. The van der Waals surface area contributed by atoms with Gasteiger partial charge in [0.2, 0.25) is 11.8 Å². The van der Waals surface area contributed by atoms with Gasteiger partial charge in [0, 0.05) is 48.0 Å². The van der Waals surface area contributed by atoms with Gasteiger partial charge in [-0.05, 0) is 31.0 Å². The van der Waals surface area contributed by atoms with E-state index in [1.54, 1.807) is 18.2 Å². The van der Waals surface area contributed by atoms with Crippen LogP contribution in [0, 0.1) is 0 Å². The van der Waals surface area contributed by atoms with Crippen molar-refractivity contribution >= 4 is 40.7 Å². The monoisotopic (exact) mass is 384 g/mol. The van der Waals surface area contributed by atoms with Gasteiger partial charge in [0.05, 0.1) is 13.1 Å². The van der Waals surface area contributed by atoms with Crippen LogP contribution >= 0.6 is 23.2 Å². The summed E-state index contributed by atoms with van der Waals surface area (Å²) in [4.78, 5) is 28.2. The predicted octanol–water partition coefficient (Wildman–Crippen LogP) is 1.83. The Bertz CT molecular complexity index is 623. The molecule has 1 heterocycles. The van der Waals surface area contributed by atoms with Crippen LogP contribution in [0.1, 0.15) is 12.8 Å². The van der Waals surface area contributed by atoms with E-state index in [4.69, 9.17) is 23.2 Å². The van der Waals surface area contributed by atoms with Crippen LogP contribution in [-0.4, -0.2) is 66.9 Å². The molecule has 2 N–H and O–H groups in total. The maximum Gasteiger partial charge on any atom is 0.238 e. The molecule has 136 valence electrons. The maximum atomic E-state index is 12.2. The number of rotatable bonds is 6. The smallest absolute Gasteiger partial charge is 0.238 e. The summed E-state index contributed by atoms with van der Waals surface area (Å²) in [5, 5.41) is 6.79. The fourth-order valence-corrected chi connectivity index (χ4v) is 3.37. The standard InChI is InChI=1S/C17H22Cl2N4O2/c18-12-7-13(19)9-15(8-12)21-17(25)11-23-5-3-22(4-6-23)10-16(24)20-14-1-2-14/h7-9,14H,1-6,10-11H2,(H,20,24)(H,21,25). The van der Waals surface area contributed by atoms with Gasteiger partial charge in [-0.2, -0.15) is 0 Å². The summed E-state index contributed by atoms with van der Waals surface area (Å²) >= 11 is 11.9. The maximum absolute atomic E-state index is 12.2. The molecular weight excluding hydrogens is 363 g/mol. The highest BCUT2D eigenvalue weighted by Crippen LogP contribution is 2.22. The molecule has 1 aliphatic heterocycles. The minimum atomic E-state index is -0.0988. The third kappa shape index (κ3) is 6.15. The summed E-state index contributed by atoms with van der Waals surface area (Å²) in [6.45, 7) is 3.85. The molecule has 0 aromatic heterocycles. The van der Waals surface area contributed by atoms with Crippen molar-refractivity contribution in [3.8, 4) is 0 Å². The average molecular weight is 385 g/mol. The second-order valence-electron chi connectivity index (χ2n) is 6.60. The quantitative estimate of drug-likeness (QED) is 0.784. The third-order valence-corrected chi connectivity index (χ3v) is 4.72. The van der Waals surface area contributed by atoms with E-state index >= 15 is 0 Å². The summed E-state index contributed by atoms with van der Waals surface area (Å²) in [7, 11) is 0. The number of nitrogens with one attached hydrogen (secondary N) is 2. The Labute approximate surface area is 157 Å². The first-order valence-electron chi connectivity index (χ1n) is 8.48. The van der Waals surface area contributed by atoms with Gasteiger partial charge >= 0.3 is 0 Å². The Balaban J connectivity index is 1.39. The Morgan fingerprint density at radius 1 is 0.920 bits per heavy atom. The predicted molar refractivity (Wildman–Crippen MR) is 99.1 cm³/mol. The van der Waals surface area contributed by atoms with Gasteiger partial charge in [0.15, 0.2) is 0 Å². The molecule has 0 atom stereocenters. The van der Waals surface area contributed by atoms with Crippen LogP contribution in [0.3, 0.4) is 0 Å². The number of halogens is 2. The van der Waals surface area contributed by atoms with Crippen molar-refractivity contribution in [2.45, 2.75) is 18.9 Å². The second-order valence-corrected chi connectivity index (χ2v) is 7.47. The molecular formula is C17H22Cl2N4O2. The van der Waals surface area contributed by atoms with Gasteiger partial charge in [-0.15, -0.1) is 0 Å². The van der Waals surface area contributed by atoms with E-state index in [9.17, 15) is 9.59 Å². The lowest BCUT2D eigenvalue weighted by Crippen LogP contribution is -2.51. The SMILES string of the molecule is O=C(CN1CCN(CC(=O)NC2CC2)CC1)Nc1cc(Cl)cc(Cl)c1. The number of piperazine rings is 1. The summed E-state index contributed by atoms with van der Waals surface area (Å²) in [6.07, 6.45) is 2.21. The summed E-state index contributed by atoms with van der Waals surface area (Å²) in [5.41, 5.74) is 0.595. The van der Waals surface area contributed by atoms with Crippen LogP contribution in [-0.2, 0) is 9.59 Å². The van der Waals surface area contributed by atoms with E-state index < -0.39 is 0 Å². The van der Waals surface area contributed by atoms with Gasteiger partial charge < -0.3 is 10.6 Å². The number of benzene rings is 1. The Hall–Kier alpha value is -1.34. The number of anilines is 1. The lowest BCUT2D eigenvalue weighted by Gasteiger charge is -2.33. The van der Waals surface area contributed by atoms with Crippen molar-refractivity contribution in [3.63, 3.8) is 0 Å². The average Bonchev–Trinajstić information content (AvgIpc) is 3.32. The van der Waals surface area contributed by atoms with E-state index in [1.807, 2.05) is 0 Å². The van der Waals surface area contributed by atoms with Gasteiger partial charge in [0.25, 0.3) is 0 Å². The molecule has 2 fully saturated rings. The highest BCUT2D eigenvalue weighted by Gasteiger charge is 2.25. The van der Waals surface area contributed by atoms with Crippen molar-refractivity contribution in [1.82, 2.24) is 15.1 Å². The van der Waals surface area contributed by atoms with Crippen LogP contribution in [0.25, 0.3) is 0 Å². The van der Waals surface area contributed by atoms with Gasteiger partial charge in [-0.1, -0.05) is 23.2 Å². The normalized spacial score (nSPS) is 18.8. The first-order chi connectivity index (χ1) is 12.0. The molecule has 25 heavy (non-hydrogen) atoms. The molecule has 3 rings (SSSR count). The summed E-state index contributed by atoms with van der Waals surface area (Å²) < 4.78 is 0. The van der Waals surface area contributed by atoms with Crippen LogP contribution in [0.5, 0.6) is 0 Å². The van der Waals surface area contributed by atoms with E-state index in [-0.39, 0.29) is 11.8 Å². The number of amides is 2. The van der Waals surface area contributed by atoms with E-state index in [1.165, 1.54) is 0 Å². The topological polar surface area (TPSA) is 64.7 Å². The first kappa shape index (κ1) is 18.5. The molecule has 0 radical (unpaired) electrons. The third-order valence-electron chi connectivity index (χ3n) is 4.29. The highest BCUT2D eigenvalue weighted by molar-refractivity contribution is 6.35. The summed E-state index contributed by atoms with van der Waals surface area (Å²) in [5.74, 6) is 0.00443. The van der Waals surface area contributed by atoms with E-state index in [2.05, 4.69) is 20.4 Å². The molecule has 1 saturated carbocycles. The zero-order valence-corrected chi connectivity index (χ0v) is 15.4. The lowest BCUT2D eigenvalue weighted by atomic mass is 10.3. The van der Waals surface area contributed by atoms with Crippen LogP contribution in [0.15, 0.2) is 18.2 Å². The van der Waals surface area contributed by atoms with Crippen molar-refractivity contribution in [2.75, 3.05) is 44.6 Å². The van der Waals surface area contributed by atoms with Gasteiger partial charge in [-0.3, -0.25) is 19.4 Å². The van der Waals surface area contributed by atoms with Crippen LogP contribution < -0.4 is 10.6 Å². The number of nitrogens with zero attached hydrogens (tertiary/aromatic N) is 2. The van der Waals surface area contributed by atoms with Crippen LogP contribution in [0.2, 0.25) is 10.0 Å². The minimum absolute atomic E-state index is 0.0988. The Morgan fingerprint density at radius 3 is 1.96 bits per heavy atom. The molecule has 6 nitrogen and oxygen atoms in total. The van der Waals surface area contributed by atoms with Crippen molar-refractivity contribution in [2.24, 2.45) is 0 Å². The molecule has 0 unspecified atom stereocenters. The van der Waals surface area contributed by atoms with Crippen molar-refractivity contribution < 1.29 is 9.59 Å². The lowest BCUT2D eigenvalue weighted by molar-refractivity contribution is -0.123. The largest absolute Gasteiger partial charge is 0.352 e. The fourth-order valence-electron chi connectivity index (χ4n) is 2.84. The van der Waals surface area contributed by atoms with Crippen molar-refractivity contribution in [1.29, 1.82) is 0 Å². The summed E-state index contributed by atoms with van der Waals surface area (Å²) in [6, 6.07) is 5.36. The number of carbonyl (C=O) groups excluding carboxylic acids is 2. The molecule has 1 aromatic rings. The molecule has 2 amide bonds. The zero-order valence-electron chi connectivity index (χ0n) is 13.9. The van der Waals surface area contributed by atoms with Gasteiger partial charge in [0.1, 0.15) is 0 Å². The number of carbonyl (C=O) groups is 2. The molecule has 1 saturated heterocycles. The molecule has 2 aliphatic rings. The molecule has 1 aliphatic carbocycles. The van der Waals surface area contributed by atoms with Gasteiger partial charge in [-0.25, -0.2) is 0 Å². The molecule has 0 spiro atoms. The number of hydrogen-bond donors (Lipinski definition) is 2. The molecule has 8 heteroatoms. The number of hydrogen-bond acceptors (Lipinski definition) is 4. The van der Waals surface area contributed by atoms with E-state index in [0.717, 1.165) is 39.0 Å². The molecule has 0 bridgehead atoms. The van der Waals surface area contributed by atoms with Crippen LogP contribution in [0.4, 0.5) is 5.69 Å². The van der Waals surface area contributed by atoms with E-state index in [0.29, 0.717) is 34.9 Å². The highest BCUT2D eigenvalue weighted by atomic mass is 35.5. The zero-order chi connectivity index (χ0) is 17.8. The fraction of sp³-hybridized carbons (Fsp3) is 0.529. The second kappa shape index (κ2) is 8.36. The van der Waals surface area contributed by atoms with Crippen molar-refractivity contribution in [3.05, 3.63) is 28.2 Å². The minimum Gasteiger partial charge on any atom is -0.352 e.